The Morgan fingerprint density at radius 2 is 2.08 bits per heavy atom. The van der Waals surface area contributed by atoms with E-state index in [1.54, 1.807) is 4.90 Å². The van der Waals surface area contributed by atoms with Crippen molar-refractivity contribution in [3.63, 3.8) is 0 Å². The summed E-state index contributed by atoms with van der Waals surface area (Å²) >= 11 is 3.29. The van der Waals surface area contributed by atoms with Crippen LogP contribution in [-0.2, 0) is 6.54 Å². The Hall–Kier alpha value is -1.34. The second-order valence-corrected chi connectivity index (χ2v) is 8.47. The smallest absolute Gasteiger partial charge is 0.270 e. The van der Waals surface area contributed by atoms with Gasteiger partial charge in [0.1, 0.15) is 0 Å². The lowest BCUT2D eigenvalue weighted by Gasteiger charge is -2.27. The zero-order valence-electron chi connectivity index (χ0n) is 13.7. The van der Waals surface area contributed by atoms with Crippen LogP contribution < -0.4 is 4.90 Å². The van der Waals surface area contributed by atoms with Crippen molar-refractivity contribution in [3.8, 4) is 0 Å². The van der Waals surface area contributed by atoms with E-state index in [1.165, 1.54) is 43.4 Å². The van der Waals surface area contributed by atoms with Crippen molar-refractivity contribution in [2.75, 3.05) is 17.2 Å². The molecule has 0 radical (unpaired) electrons. The maximum Gasteiger partial charge on any atom is 0.270 e. The first-order valence-electron chi connectivity index (χ1n) is 8.74. The van der Waals surface area contributed by atoms with Crippen molar-refractivity contribution < 1.29 is 4.79 Å². The molecule has 0 unspecified atom stereocenters. The van der Waals surface area contributed by atoms with Gasteiger partial charge in [0.2, 0.25) is 5.95 Å². The molecule has 2 aromatic heterocycles. The third-order valence-corrected chi connectivity index (χ3v) is 6.91. The third-order valence-electron chi connectivity index (χ3n) is 4.85. The van der Waals surface area contributed by atoms with Gasteiger partial charge in [0.25, 0.3) is 5.91 Å². The zero-order valence-corrected chi connectivity index (χ0v) is 15.3. The number of thiophene rings is 1. The third kappa shape index (κ3) is 3.24. The number of hydrogen-bond donors (Lipinski definition) is 0. The van der Waals surface area contributed by atoms with Gasteiger partial charge in [-0.25, -0.2) is 0 Å². The molecule has 24 heavy (non-hydrogen) atoms. The normalized spacial score (nSPS) is 18.6. The lowest BCUT2D eigenvalue weighted by Crippen LogP contribution is -2.37. The van der Waals surface area contributed by atoms with E-state index in [1.807, 2.05) is 29.3 Å². The molecule has 0 N–H and O–H groups in total. The minimum atomic E-state index is 0.0437. The molecule has 2 aliphatic rings. The van der Waals surface area contributed by atoms with Gasteiger partial charge in [-0.2, -0.15) is 0 Å². The van der Waals surface area contributed by atoms with E-state index in [-0.39, 0.29) is 5.91 Å². The minimum Gasteiger partial charge on any atom is -0.288 e. The van der Waals surface area contributed by atoms with Gasteiger partial charge in [-0.1, -0.05) is 37.1 Å². The van der Waals surface area contributed by atoms with Gasteiger partial charge in [0.05, 0.1) is 4.88 Å². The van der Waals surface area contributed by atoms with Crippen LogP contribution in [0.2, 0.25) is 0 Å². The Labute approximate surface area is 150 Å². The SMILES string of the molecule is O=C(c1cccs1)N1CCCn2c(SCC3CCCCC3)nnc21. The van der Waals surface area contributed by atoms with E-state index in [2.05, 4.69) is 14.8 Å². The molecule has 3 heterocycles. The molecule has 4 rings (SSSR count). The van der Waals surface area contributed by atoms with E-state index in [4.69, 9.17) is 0 Å². The van der Waals surface area contributed by atoms with Gasteiger partial charge in [-0.15, -0.1) is 21.5 Å². The molecule has 1 amide bonds. The first-order valence-corrected chi connectivity index (χ1v) is 10.6. The number of rotatable bonds is 4. The van der Waals surface area contributed by atoms with Crippen LogP contribution in [0.15, 0.2) is 22.7 Å². The topological polar surface area (TPSA) is 51.0 Å². The molecule has 5 nitrogen and oxygen atoms in total. The van der Waals surface area contributed by atoms with Crippen molar-refractivity contribution in [3.05, 3.63) is 22.4 Å². The summed E-state index contributed by atoms with van der Waals surface area (Å²) in [5.74, 6) is 2.69. The Morgan fingerprint density at radius 1 is 1.21 bits per heavy atom. The summed E-state index contributed by atoms with van der Waals surface area (Å²) in [7, 11) is 0. The van der Waals surface area contributed by atoms with Gasteiger partial charge in [-0.05, 0) is 36.6 Å². The van der Waals surface area contributed by atoms with Crippen molar-refractivity contribution in [1.82, 2.24) is 14.8 Å². The van der Waals surface area contributed by atoms with Crippen LogP contribution in [0.5, 0.6) is 0 Å². The van der Waals surface area contributed by atoms with Crippen LogP contribution >= 0.6 is 23.1 Å². The predicted molar refractivity (Wildman–Crippen MR) is 97.9 cm³/mol. The van der Waals surface area contributed by atoms with E-state index in [9.17, 15) is 4.79 Å². The lowest BCUT2D eigenvalue weighted by atomic mass is 9.91. The Bertz CT molecular complexity index is 692. The van der Waals surface area contributed by atoms with E-state index < -0.39 is 0 Å². The first-order chi connectivity index (χ1) is 11.8. The molecular formula is C17H22N4OS2. The summed E-state index contributed by atoms with van der Waals surface area (Å²) in [4.78, 5) is 15.2. The Morgan fingerprint density at radius 3 is 2.88 bits per heavy atom. The summed E-state index contributed by atoms with van der Waals surface area (Å²) in [5, 5.41) is 11.6. The summed E-state index contributed by atoms with van der Waals surface area (Å²) < 4.78 is 2.13. The molecule has 1 saturated carbocycles. The van der Waals surface area contributed by atoms with Gasteiger partial charge in [0.15, 0.2) is 5.16 Å². The number of amides is 1. The Balaban J connectivity index is 1.48. The number of thioether (sulfide) groups is 1. The van der Waals surface area contributed by atoms with Crippen LogP contribution in [0.25, 0.3) is 0 Å². The highest BCUT2D eigenvalue weighted by Gasteiger charge is 2.28. The number of carbonyl (C=O) groups is 1. The van der Waals surface area contributed by atoms with Crippen LogP contribution in [0, 0.1) is 5.92 Å². The molecular weight excluding hydrogens is 340 g/mol. The number of hydrogen-bond acceptors (Lipinski definition) is 5. The molecule has 1 fully saturated rings. The number of aromatic nitrogens is 3. The van der Waals surface area contributed by atoms with Crippen molar-refractivity contribution in [2.45, 2.75) is 50.2 Å². The molecule has 0 spiro atoms. The van der Waals surface area contributed by atoms with Gasteiger partial charge >= 0.3 is 0 Å². The van der Waals surface area contributed by atoms with Crippen molar-refractivity contribution >= 4 is 35.0 Å². The summed E-state index contributed by atoms with van der Waals surface area (Å²) in [6, 6.07) is 3.79. The highest BCUT2D eigenvalue weighted by molar-refractivity contribution is 7.99. The van der Waals surface area contributed by atoms with Crippen LogP contribution in [0.3, 0.4) is 0 Å². The maximum atomic E-state index is 12.7. The molecule has 128 valence electrons. The van der Waals surface area contributed by atoms with Crippen LogP contribution in [0.4, 0.5) is 5.95 Å². The maximum absolute atomic E-state index is 12.7. The van der Waals surface area contributed by atoms with Gasteiger partial charge in [-0.3, -0.25) is 14.3 Å². The molecule has 1 aliphatic carbocycles. The van der Waals surface area contributed by atoms with E-state index >= 15 is 0 Å². The van der Waals surface area contributed by atoms with Gasteiger partial charge in [0, 0.05) is 18.8 Å². The highest BCUT2D eigenvalue weighted by Crippen LogP contribution is 2.32. The van der Waals surface area contributed by atoms with Gasteiger partial charge < -0.3 is 0 Å². The molecule has 0 saturated heterocycles. The highest BCUT2D eigenvalue weighted by atomic mass is 32.2. The number of nitrogens with zero attached hydrogens (tertiary/aromatic N) is 4. The zero-order chi connectivity index (χ0) is 16.4. The predicted octanol–water partition coefficient (Wildman–Crippen LogP) is 4.06. The fourth-order valence-electron chi connectivity index (χ4n) is 3.54. The van der Waals surface area contributed by atoms with Crippen molar-refractivity contribution in [1.29, 1.82) is 0 Å². The van der Waals surface area contributed by atoms with E-state index in [0.29, 0.717) is 5.95 Å². The second-order valence-electron chi connectivity index (χ2n) is 6.54. The molecule has 7 heteroatoms. The lowest BCUT2D eigenvalue weighted by molar-refractivity contribution is 0.0984. The van der Waals surface area contributed by atoms with E-state index in [0.717, 1.165) is 41.2 Å². The molecule has 0 aromatic carbocycles. The summed E-state index contributed by atoms with van der Waals surface area (Å²) in [5.41, 5.74) is 0. The fraction of sp³-hybridized carbons (Fsp3) is 0.588. The number of carbonyl (C=O) groups excluding carboxylic acids is 1. The quantitative estimate of drug-likeness (QED) is 0.770. The first kappa shape index (κ1) is 16.1. The van der Waals surface area contributed by atoms with Crippen molar-refractivity contribution in [2.24, 2.45) is 5.92 Å². The van der Waals surface area contributed by atoms with Crippen LogP contribution in [-0.4, -0.2) is 33.0 Å². The molecule has 1 aliphatic heterocycles. The molecule has 0 atom stereocenters. The summed E-state index contributed by atoms with van der Waals surface area (Å²) in [6.45, 7) is 1.63. The average molecular weight is 363 g/mol. The molecule has 2 aromatic rings. The monoisotopic (exact) mass is 362 g/mol. The molecule has 0 bridgehead atoms. The minimum absolute atomic E-state index is 0.0437. The average Bonchev–Trinajstić information content (AvgIpc) is 3.30. The largest absolute Gasteiger partial charge is 0.288 e. The van der Waals surface area contributed by atoms with Crippen LogP contribution in [0.1, 0.15) is 48.2 Å². The number of anilines is 1. The number of fused-ring (bicyclic) bond motifs is 1. The standard InChI is InChI=1S/C17H22N4OS2/c22-15(14-8-4-11-23-14)20-9-5-10-21-16(20)18-19-17(21)24-12-13-6-2-1-3-7-13/h4,8,11,13H,1-3,5-7,9-10,12H2. The fourth-order valence-corrected chi connectivity index (χ4v) is 5.36. The Kier molecular flexibility index (Phi) is 4.89. The summed E-state index contributed by atoms with van der Waals surface area (Å²) in [6.07, 6.45) is 7.77. The second kappa shape index (κ2) is 7.27.